The molecule has 1 amide bonds. The fourth-order valence-electron chi connectivity index (χ4n) is 6.13. The van der Waals surface area contributed by atoms with Gasteiger partial charge in [0.1, 0.15) is 30.0 Å². The molecule has 0 radical (unpaired) electrons. The Morgan fingerprint density at radius 1 is 0.889 bits per heavy atom. The molecule has 1 fully saturated rings. The number of anilines is 1. The number of rotatable bonds is 9. The predicted octanol–water partition coefficient (Wildman–Crippen LogP) is 4.55. The van der Waals surface area contributed by atoms with Gasteiger partial charge in [-0.3, -0.25) is 9.36 Å². The van der Waals surface area contributed by atoms with Crippen LogP contribution in [-0.2, 0) is 10.2 Å². The minimum Gasteiger partial charge on any atom is -0.497 e. The zero-order valence-electron chi connectivity index (χ0n) is 24.6. The summed E-state index contributed by atoms with van der Waals surface area (Å²) in [7, 11) is 1.59. The predicted molar refractivity (Wildman–Crippen MR) is 169 cm³/mol. The Morgan fingerprint density at radius 2 is 1.44 bits per heavy atom. The summed E-state index contributed by atoms with van der Waals surface area (Å²) in [6.45, 7) is 0. The molecule has 1 saturated heterocycles. The summed E-state index contributed by atoms with van der Waals surface area (Å²) in [5.74, 6) is 0.357. The number of methoxy groups -OCH3 is 1. The van der Waals surface area contributed by atoms with Gasteiger partial charge in [-0.05, 0) is 47.0 Å². The molecule has 4 atom stereocenters. The van der Waals surface area contributed by atoms with E-state index in [0.29, 0.717) is 11.3 Å². The van der Waals surface area contributed by atoms with Gasteiger partial charge in [-0.15, -0.1) is 0 Å². The van der Waals surface area contributed by atoms with Gasteiger partial charge in [0.15, 0.2) is 0 Å². The zero-order chi connectivity index (χ0) is 31.4. The second-order valence-corrected chi connectivity index (χ2v) is 10.9. The van der Waals surface area contributed by atoms with Crippen LogP contribution in [0.4, 0.5) is 5.82 Å². The van der Waals surface area contributed by atoms with E-state index in [4.69, 9.17) is 9.47 Å². The Labute approximate surface area is 260 Å². The fourth-order valence-corrected chi connectivity index (χ4v) is 6.13. The van der Waals surface area contributed by atoms with Crippen LogP contribution in [0.1, 0.15) is 39.7 Å². The first kappa shape index (κ1) is 30.0. The van der Waals surface area contributed by atoms with Gasteiger partial charge < -0.3 is 25.0 Å². The van der Waals surface area contributed by atoms with Crippen molar-refractivity contribution in [1.29, 1.82) is 0 Å². The lowest BCUT2D eigenvalue weighted by atomic mass is 9.64. The number of aromatic nitrogens is 2. The third-order valence-electron chi connectivity index (χ3n) is 8.31. The first-order valence-electron chi connectivity index (χ1n) is 14.6. The van der Waals surface area contributed by atoms with Crippen molar-refractivity contribution >= 4 is 11.7 Å². The summed E-state index contributed by atoms with van der Waals surface area (Å²) in [6.07, 6.45) is -2.88. The fraction of sp³-hybridized carbons (Fsp3) is 0.194. The maximum absolute atomic E-state index is 13.1. The molecule has 9 nitrogen and oxygen atoms in total. The lowest BCUT2D eigenvalue weighted by Gasteiger charge is -2.42. The van der Waals surface area contributed by atoms with E-state index in [2.05, 4.69) is 10.3 Å². The summed E-state index contributed by atoms with van der Waals surface area (Å²) < 4.78 is 13.0. The van der Waals surface area contributed by atoms with Crippen molar-refractivity contribution in [3.63, 3.8) is 0 Å². The lowest BCUT2D eigenvalue weighted by molar-refractivity contribution is -0.0976. The molecule has 1 aromatic heterocycles. The zero-order valence-corrected chi connectivity index (χ0v) is 24.6. The largest absolute Gasteiger partial charge is 0.497 e. The van der Waals surface area contributed by atoms with E-state index in [1.807, 2.05) is 84.9 Å². The Balaban J connectivity index is 1.35. The third-order valence-corrected chi connectivity index (χ3v) is 8.31. The van der Waals surface area contributed by atoms with E-state index in [0.717, 1.165) is 16.7 Å². The van der Waals surface area contributed by atoms with E-state index in [9.17, 15) is 19.8 Å². The van der Waals surface area contributed by atoms with Crippen LogP contribution in [-0.4, -0.2) is 51.1 Å². The van der Waals surface area contributed by atoms with Crippen LogP contribution in [0.25, 0.3) is 0 Å². The van der Waals surface area contributed by atoms with Gasteiger partial charge in [0.25, 0.3) is 5.91 Å². The number of ether oxygens (including phenoxy) is 2. The van der Waals surface area contributed by atoms with Crippen molar-refractivity contribution in [2.45, 2.75) is 36.4 Å². The van der Waals surface area contributed by atoms with Crippen molar-refractivity contribution in [1.82, 2.24) is 9.55 Å². The van der Waals surface area contributed by atoms with Gasteiger partial charge in [0, 0.05) is 18.2 Å². The lowest BCUT2D eigenvalue weighted by Crippen LogP contribution is -2.51. The second-order valence-electron chi connectivity index (χ2n) is 10.9. The van der Waals surface area contributed by atoms with E-state index >= 15 is 0 Å². The molecule has 0 spiro atoms. The SMILES string of the molecule is COc1ccc(C(c2ccccc2)(c2ccccc2)C(O)[C@H]2O[C@@H](n3ccc(NC(=O)c4ccccc4)nc3=O)C[C@@H]2O)cc1. The Morgan fingerprint density at radius 3 is 2.00 bits per heavy atom. The van der Waals surface area contributed by atoms with Gasteiger partial charge in [0.05, 0.1) is 18.6 Å². The van der Waals surface area contributed by atoms with Crippen molar-refractivity contribution in [2.75, 3.05) is 12.4 Å². The first-order valence-corrected chi connectivity index (χ1v) is 14.6. The molecule has 1 aliphatic heterocycles. The summed E-state index contributed by atoms with van der Waals surface area (Å²) in [6, 6.07) is 36.8. The molecule has 6 rings (SSSR count). The molecule has 0 bridgehead atoms. The average Bonchev–Trinajstić information content (AvgIpc) is 3.47. The van der Waals surface area contributed by atoms with Crippen LogP contribution in [0.3, 0.4) is 0 Å². The first-order chi connectivity index (χ1) is 21.9. The second kappa shape index (κ2) is 12.9. The van der Waals surface area contributed by atoms with E-state index in [-0.39, 0.29) is 12.2 Å². The van der Waals surface area contributed by atoms with E-state index in [1.54, 1.807) is 37.4 Å². The molecule has 5 aromatic rings. The molecular formula is C36H33N3O6. The number of aliphatic hydroxyl groups is 2. The molecule has 0 saturated carbocycles. The molecular weight excluding hydrogens is 570 g/mol. The minimum absolute atomic E-state index is 0.0430. The number of hydrogen-bond acceptors (Lipinski definition) is 7. The minimum atomic E-state index is -1.29. The highest BCUT2D eigenvalue weighted by Gasteiger charge is 2.52. The number of carbonyl (C=O) groups is 1. The summed E-state index contributed by atoms with van der Waals surface area (Å²) >= 11 is 0. The number of nitrogens with one attached hydrogen (secondary N) is 1. The third kappa shape index (κ3) is 5.76. The monoisotopic (exact) mass is 603 g/mol. The smallest absolute Gasteiger partial charge is 0.351 e. The van der Waals surface area contributed by atoms with Gasteiger partial charge >= 0.3 is 5.69 Å². The summed E-state index contributed by atoms with van der Waals surface area (Å²) in [4.78, 5) is 29.7. The normalized spacial score (nSPS) is 18.7. The highest BCUT2D eigenvalue weighted by atomic mass is 16.5. The highest BCUT2D eigenvalue weighted by molar-refractivity contribution is 6.03. The molecule has 228 valence electrons. The van der Waals surface area contributed by atoms with Crippen LogP contribution in [0.2, 0.25) is 0 Å². The number of nitrogens with zero attached hydrogens (tertiary/aromatic N) is 2. The van der Waals surface area contributed by atoms with E-state index in [1.165, 1.54) is 16.8 Å². The summed E-state index contributed by atoms with van der Waals surface area (Å²) in [5, 5.41) is 26.4. The number of aliphatic hydroxyl groups excluding tert-OH is 2. The van der Waals surface area contributed by atoms with Crippen LogP contribution in [0.5, 0.6) is 5.75 Å². The Bertz CT molecular complexity index is 1760. The van der Waals surface area contributed by atoms with Crippen molar-refractivity contribution in [3.05, 3.63) is 160 Å². The number of hydrogen-bond donors (Lipinski definition) is 3. The summed E-state index contributed by atoms with van der Waals surface area (Å²) in [5.41, 5.74) is 0.964. The highest BCUT2D eigenvalue weighted by Crippen LogP contribution is 2.46. The Hall–Kier alpha value is -5.09. The maximum atomic E-state index is 13.1. The molecule has 3 N–H and O–H groups in total. The van der Waals surface area contributed by atoms with E-state index < -0.39 is 41.6 Å². The molecule has 9 heteroatoms. The van der Waals surface area contributed by atoms with Crippen molar-refractivity contribution < 1.29 is 24.5 Å². The number of benzene rings is 4. The van der Waals surface area contributed by atoms with Gasteiger partial charge in [-0.25, -0.2) is 4.79 Å². The Kier molecular flexibility index (Phi) is 8.57. The molecule has 2 heterocycles. The number of carbonyl (C=O) groups excluding carboxylic acids is 1. The average molecular weight is 604 g/mol. The van der Waals surface area contributed by atoms with Gasteiger partial charge in [0.2, 0.25) is 0 Å². The van der Waals surface area contributed by atoms with Crippen molar-refractivity contribution in [2.24, 2.45) is 0 Å². The number of amides is 1. The molecule has 1 unspecified atom stereocenters. The standard InChI is InChI=1S/C36H33N3O6/c1-44-28-19-17-27(18-20-28)36(25-13-7-3-8-14-25,26-15-9-4-10-16-26)33(41)32-29(40)23-31(45-32)39-22-21-30(38-35(39)43)37-34(42)24-11-5-2-6-12-24/h2-22,29,31-33,40-41H,23H2,1H3,(H,37,38,42,43)/t29-,31+,32-,33?/m0/s1. The quantitative estimate of drug-likeness (QED) is 0.211. The van der Waals surface area contributed by atoms with Gasteiger partial charge in [-0.2, -0.15) is 4.98 Å². The van der Waals surface area contributed by atoms with Crippen LogP contribution >= 0.6 is 0 Å². The van der Waals surface area contributed by atoms with Crippen LogP contribution in [0.15, 0.2) is 132 Å². The maximum Gasteiger partial charge on any atom is 0.351 e. The van der Waals surface area contributed by atoms with Crippen LogP contribution < -0.4 is 15.7 Å². The molecule has 1 aliphatic rings. The topological polar surface area (TPSA) is 123 Å². The molecule has 45 heavy (non-hydrogen) atoms. The molecule has 4 aromatic carbocycles. The van der Waals surface area contributed by atoms with Gasteiger partial charge in [-0.1, -0.05) is 91.0 Å². The van der Waals surface area contributed by atoms with Crippen molar-refractivity contribution in [3.8, 4) is 5.75 Å². The molecule has 0 aliphatic carbocycles. The van der Waals surface area contributed by atoms with Crippen LogP contribution in [0, 0.1) is 0 Å².